The van der Waals surface area contributed by atoms with Gasteiger partial charge in [-0.3, -0.25) is 33.8 Å². The molecule has 2 aromatic carbocycles. The Labute approximate surface area is 193 Å². The molecule has 2 heterocycles. The maximum atomic E-state index is 12.6. The van der Waals surface area contributed by atoms with Gasteiger partial charge in [0, 0.05) is 13.1 Å². The summed E-state index contributed by atoms with van der Waals surface area (Å²) in [6.45, 7) is -0.472. The highest BCUT2D eigenvalue weighted by Gasteiger charge is 2.37. The van der Waals surface area contributed by atoms with Crippen LogP contribution >= 0.6 is 11.8 Å². The first-order chi connectivity index (χ1) is 15.9. The van der Waals surface area contributed by atoms with Gasteiger partial charge in [0.1, 0.15) is 12.3 Å². The molecule has 5 amide bonds. The average molecular weight is 465 g/mol. The number of methoxy groups -OCH3 is 1. The molecule has 0 atom stereocenters. The van der Waals surface area contributed by atoms with Gasteiger partial charge in [-0.25, -0.2) is 0 Å². The van der Waals surface area contributed by atoms with Gasteiger partial charge < -0.3 is 10.1 Å². The molecule has 0 spiro atoms. The van der Waals surface area contributed by atoms with E-state index in [4.69, 9.17) is 4.74 Å². The first kappa shape index (κ1) is 22.3. The molecule has 2 aliphatic rings. The number of hydrogen-bond donors (Lipinski definition) is 1. The minimum absolute atomic E-state index is 0.00411. The van der Waals surface area contributed by atoms with E-state index in [-0.39, 0.29) is 29.1 Å². The second-order valence-electron chi connectivity index (χ2n) is 7.20. The van der Waals surface area contributed by atoms with Gasteiger partial charge in [0.15, 0.2) is 0 Å². The zero-order valence-corrected chi connectivity index (χ0v) is 18.4. The first-order valence-electron chi connectivity index (χ1n) is 10.0. The van der Waals surface area contributed by atoms with Crippen LogP contribution in [-0.4, -0.2) is 65.4 Å². The van der Waals surface area contributed by atoms with Crippen molar-refractivity contribution in [1.82, 2.24) is 15.1 Å². The quantitative estimate of drug-likeness (QED) is 0.492. The van der Waals surface area contributed by atoms with E-state index in [1.54, 1.807) is 49.6 Å². The van der Waals surface area contributed by atoms with Gasteiger partial charge in [-0.05, 0) is 47.7 Å². The highest BCUT2D eigenvalue weighted by molar-refractivity contribution is 8.18. The number of carbonyl (C=O) groups excluding carboxylic acids is 5. The van der Waals surface area contributed by atoms with Gasteiger partial charge in [-0.2, -0.15) is 0 Å². The maximum Gasteiger partial charge on any atom is 0.293 e. The second-order valence-corrected chi connectivity index (χ2v) is 8.19. The SMILES string of the molecule is COc1ccc(/C=C2\SC(=O)N(CCNC(=O)CN3C(=O)c4ccccc4C3=O)C2=O)cc1. The van der Waals surface area contributed by atoms with Crippen LogP contribution < -0.4 is 10.1 Å². The van der Waals surface area contributed by atoms with Crippen molar-refractivity contribution in [2.24, 2.45) is 0 Å². The predicted molar refractivity (Wildman–Crippen MR) is 120 cm³/mol. The van der Waals surface area contributed by atoms with Crippen LogP contribution in [0.4, 0.5) is 4.79 Å². The topological polar surface area (TPSA) is 113 Å². The number of rotatable bonds is 7. The molecule has 1 fully saturated rings. The fraction of sp³-hybridized carbons (Fsp3) is 0.174. The normalized spacial score (nSPS) is 16.6. The molecule has 2 aromatic rings. The first-order valence-corrected chi connectivity index (χ1v) is 10.8. The highest BCUT2D eigenvalue weighted by atomic mass is 32.2. The largest absolute Gasteiger partial charge is 0.497 e. The summed E-state index contributed by atoms with van der Waals surface area (Å²) < 4.78 is 5.10. The molecule has 0 saturated carbocycles. The predicted octanol–water partition coefficient (Wildman–Crippen LogP) is 2.14. The molecule has 1 saturated heterocycles. The summed E-state index contributed by atoms with van der Waals surface area (Å²) in [6, 6.07) is 13.4. The molecule has 2 aliphatic heterocycles. The average Bonchev–Trinajstić information content (AvgIpc) is 3.22. The minimum Gasteiger partial charge on any atom is -0.497 e. The van der Waals surface area contributed by atoms with Gasteiger partial charge in [0.05, 0.1) is 23.1 Å². The van der Waals surface area contributed by atoms with Crippen molar-refractivity contribution < 1.29 is 28.7 Å². The van der Waals surface area contributed by atoms with Crippen LogP contribution in [0, 0.1) is 0 Å². The number of benzene rings is 2. The van der Waals surface area contributed by atoms with E-state index >= 15 is 0 Å². The standard InChI is InChI=1S/C23H19N3O6S/c1-32-15-8-6-14(7-9-15)12-18-22(30)25(23(31)33-18)11-10-24-19(27)13-26-20(28)16-4-2-3-5-17(16)21(26)29/h2-9,12H,10-11,13H2,1H3,(H,24,27)/b18-12-. The molecule has 0 bridgehead atoms. The summed E-state index contributed by atoms with van der Waals surface area (Å²) >= 11 is 0.822. The lowest BCUT2D eigenvalue weighted by Crippen LogP contribution is -2.43. The lowest BCUT2D eigenvalue weighted by atomic mass is 10.1. The van der Waals surface area contributed by atoms with Crippen molar-refractivity contribution in [2.75, 3.05) is 26.7 Å². The number of fused-ring (bicyclic) bond motifs is 1. The Bertz CT molecular complexity index is 1160. The van der Waals surface area contributed by atoms with Crippen LogP contribution in [0.15, 0.2) is 53.4 Å². The van der Waals surface area contributed by atoms with E-state index in [1.807, 2.05) is 0 Å². The molecule has 0 unspecified atom stereocenters. The Morgan fingerprint density at radius 2 is 1.58 bits per heavy atom. The summed E-state index contributed by atoms with van der Waals surface area (Å²) in [5.41, 5.74) is 1.27. The summed E-state index contributed by atoms with van der Waals surface area (Å²) in [5.74, 6) is -1.39. The summed E-state index contributed by atoms with van der Waals surface area (Å²) in [6.07, 6.45) is 1.62. The van der Waals surface area contributed by atoms with E-state index in [9.17, 15) is 24.0 Å². The van der Waals surface area contributed by atoms with Crippen molar-refractivity contribution in [3.8, 4) is 5.75 Å². The number of imide groups is 2. The number of nitrogens with zero attached hydrogens (tertiary/aromatic N) is 2. The Morgan fingerprint density at radius 1 is 0.939 bits per heavy atom. The molecule has 0 aromatic heterocycles. The Morgan fingerprint density at radius 3 is 2.18 bits per heavy atom. The molecule has 168 valence electrons. The number of thioether (sulfide) groups is 1. The van der Waals surface area contributed by atoms with Crippen LogP contribution in [0.2, 0.25) is 0 Å². The lowest BCUT2D eigenvalue weighted by molar-refractivity contribution is -0.124. The Kier molecular flexibility index (Phi) is 6.27. The van der Waals surface area contributed by atoms with Gasteiger partial charge >= 0.3 is 0 Å². The molecule has 33 heavy (non-hydrogen) atoms. The van der Waals surface area contributed by atoms with Gasteiger partial charge in [0.2, 0.25) is 5.91 Å². The molecular formula is C23H19N3O6S. The van der Waals surface area contributed by atoms with E-state index in [1.165, 1.54) is 12.1 Å². The van der Waals surface area contributed by atoms with Crippen LogP contribution in [0.5, 0.6) is 5.75 Å². The van der Waals surface area contributed by atoms with Crippen molar-refractivity contribution in [3.63, 3.8) is 0 Å². The fourth-order valence-electron chi connectivity index (χ4n) is 3.43. The van der Waals surface area contributed by atoms with Crippen molar-refractivity contribution in [3.05, 3.63) is 70.1 Å². The zero-order valence-electron chi connectivity index (χ0n) is 17.6. The van der Waals surface area contributed by atoms with E-state index in [0.29, 0.717) is 5.75 Å². The summed E-state index contributed by atoms with van der Waals surface area (Å²) in [7, 11) is 1.55. The third-order valence-electron chi connectivity index (χ3n) is 5.12. The lowest BCUT2D eigenvalue weighted by Gasteiger charge is -2.15. The smallest absolute Gasteiger partial charge is 0.293 e. The third-order valence-corrected chi connectivity index (χ3v) is 6.03. The molecule has 0 radical (unpaired) electrons. The van der Waals surface area contributed by atoms with Crippen LogP contribution in [-0.2, 0) is 9.59 Å². The zero-order chi connectivity index (χ0) is 23.5. The Balaban J connectivity index is 1.30. The van der Waals surface area contributed by atoms with Gasteiger partial charge in [-0.1, -0.05) is 24.3 Å². The molecule has 0 aliphatic carbocycles. The number of hydrogen-bond acceptors (Lipinski definition) is 7. The molecular weight excluding hydrogens is 446 g/mol. The second kappa shape index (κ2) is 9.29. The molecule has 9 nitrogen and oxygen atoms in total. The van der Waals surface area contributed by atoms with Gasteiger partial charge in [0.25, 0.3) is 23.0 Å². The van der Waals surface area contributed by atoms with Crippen LogP contribution in [0.1, 0.15) is 26.3 Å². The van der Waals surface area contributed by atoms with Crippen LogP contribution in [0.3, 0.4) is 0 Å². The fourth-order valence-corrected chi connectivity index (χ4v) is 4.30. The maximum absolute atomic E-state index is 12.6. The number of carbonyl (C=O) groups is 5. The molecule has 10 heteroatoms. The monoisotopic (exact) mass is 465 g/mol. The molecule has 1 N–H and O–H groups in total. The summed E-state index contributed by atoms with van der Waals surface area (Å²) in [4.78, 5) is 64.0. The summed E-state index contributed by atoms with van der Waals surface area (Å²) in [5, 5.41) is 2.11. The highest BCUT2D eigenvalue weighted by Crippen LogP contribution is 2.32. The van der Waals surface area contributed by atoms with Gasteiger partial charge in [-0.15, -0.1) is 0 Å². The van der Waals surface area contributed by atoms with Crippen molar-refractivity contribution in [2.45, 2.75) is 0 Å². The van der Waals surface area contributed by atoms with Crippen LogP contribution in [0.25, 0.3) is 6.08 Å². The van der Waals surface area contributed by atoms with E-state index in [0.717, 1.165) is 27.1 Å². The third kappa shape index (κ3) is 4.51. The number of amides is 5. The number of ether oxygens (including phenoxy) is 1. The minimum atomic E-state index is -0.565. The van der Waals surface area contributed by atoms with E-state index in [2.05, 4.69) is 5.32 Å². The Hall–Kier alpha value is -3.92. The molecule has 4 rings (SSSR count). The van der Waals surface area contributed by atoms with E-state index < -0.39 is 35.4 Å². The van der Waals surface area contributed by atoms with Crippen molar-refractivity contribution >= 4 is 46.7 Å². The number of nitrogens with one attached hydrogen (secondary N) is 1. The van der Waals surface area contributed by atoms with Crippen molar-refractivity contribution in [1.29, 1.82) is 0 Å².